The Morgan fingerprint density at radius 1 is 1.07 bits per heavy atom. The van der Waals surface area contributed by atoms with E-state index in [1.807, 2.05) is 0 Å². The maximum Gasteiger partial charge on any atom is 0.0195 e. The number of hydrogen-bond acceptors (Lipinski definition) is 1. The predicted molar refractivity (Wildman–Crippen MR) is 62.9 cm³/mol. The smallest absolute Gasteiger partial charge is 0.0195 e. The van der Waals surface area contributed by atoms with E-state index in [-0.39, 0.29) is 5.54 Å². The van der Waals surface area contributed by atoms with Gasteiger partial charge < -0.3 is 5.73 Å². The van der Waals surface area contributed by atoms with Crippen LogP contribution in [0, 0.1) is 0 Å². The number of benzene rings is 1. The van der Waals surface area contributed by atoms with Gasteiger partial charge >= 0.3 is 0 Å². The van der Waals surface area contributed by atoms with Crippen molar-refractivity contribution in [2.75, 3.05) is 0 Å². The largest absolute Gasteiger partial charge is 0.325 e. The van der Waals surface area contributed by atoms with Crippen molar-refractivity contribution in [3.05, 3.63) is 34.9 Å². The summed E-state index contributed by atoms with van der Waals surface area (Å²) in [5.41, 5.74) is 11.0. The molecule has 0 aliphatic heterocycles. The van der Waals surface area contributed by atoms with E-state index >= 15 is 0 Å². The second-order valence-electron chi connectivity index (χ2n) is 5.35. The highest BCUT2D eigenvalue weighted by Crippen LogP contribution is 2.33. The molecule has 15 heavy (non-hydrogen) atoms. The molecule has 0 aromatic heterocycles. The number of rotatable bonds is 2. The van der Waals surface area contributed by atoms with E-state index in [1.54, 1.807) is 11.1 Å². The first kappa shape index (κ1) is 9.41. The predicted octanol–water partition coefficient (Wildman–Crippen LogP) is 2.60. The maximum absolute atomic E-state index is 6.28. The minimum atomic E-state index is 0.132. The lowest BCUT2D eigenvalue weighted by molar-refractivity contribution is 0.247. The maximum atomic E-state index is 6.28. The zero-order valence-electron chi connectivity index (χ0n) is 9.26. The van der Waals surface area contributed by atoms with E-state index in [2.05, 4.69) is 18.2 Å². The molecule has 1 aromatic rings. The number of nitrogens with two attached hydrogens (primary N) is 1. The van der Waals surface area contributed by atoms with Crippen LogP contribution in [0.15, 0.2) is 18.2 Å². The molecule has 2 aliphatic rings. The van der Waals surface area contributed by atoms with Crippen LogP contribution in [-0.2, 0) is 19.3 Å². The highest BCUT2D eigenvalue weighted by molar-refractivity contribution is 5.36. The third-order valence-electron chi connectivity index (χ3n) is 4.07. The SMILES string of the molecule is NC1(Cc2ccc3c(c2)CCC3)CCC1. The van der Waals surface area contributed by atoms with E-state index < -0.39 is 0 Å². The second kappa shape index (κ2) is 3.34. The Hall–Kier alpha value is -0.820. The lowest BCUT2D eigenvalue weighted by Gasteiger charge is -2.38. The molecule has 0 atom stereocenters. The van der Waals surface area contributed by atoms with Gasteiger partial charge in [0.15, 0.2) is 0 Å². The molecular weight excluding hydrogens is 182 g/mol. The highest BCUT2D eigenvalue weighted by atomic mass is 14.8. The molecule has 2 N–H and O–H groups in total. The van der Waals surface area contributed by atoms with E-state index in [0.29, 0.717) is 0 Å². The second-order valence-corrected chi connectivity index (χ2v) is 5.35. The molecule has 80 valence electrons. The van der Waals surface area contributed by atoms with Crippen LogP contribution in [0.5, 0.6) is 0 Å². The van der Waals surface area contributed by atoms with Crippen molar-refractivity contribution in [3.8, 4) is 0 Å². The van der Waals surface area contributed by atoms with Crippen LogP contribution in [-0.4, -0.2) is 5.54 Å². The lowest BCUT2D eigenvalue weighted by Crippen LogP contribution is -2.48. The Labute approximate surface area is 91.7 Å². The minimum absolute atomic E-state index is 0.132. The fraction of sp³-hybridized carbons (Fsp3) is 0.571. The van der Waals surface area contributed by atoms with Crippen LogP contribution in [0.25, 0.3) is 0 Å². The Balaban J connectivity index is 1.81. The summed E-state index contributed by atoms with van der Waals surface area (Å²) in [6, 6.07) is 7.01. The molecule has 0 bridgehead atoms. The highest BCUT2D eigenvalue weighted by Gasteiger charge is 2.32. The zero-order chi connectivity index (χ0) is 10.3. The zero-order valence-corrected chi connectivity index (χ0v) is 9.26. The number of fused-ring (bicyclic) bond motifs is 1. The van der Waals surface area contributed by atoms with Gasteiger partial charge in [0.25, 0.3) is 0 Å². The Morgan fingerprint density at radius 3 is 2.60 bits per heavy atom. The van der Waals surface area contributed by atoms with Gasteiger partial charge in [-0.3, -0.25) is 0 Å². The summed E-state index contributed by atoms with van der Waals surface area (Å²) < 4.78 is 0. The van der Waals surface area contributed by atoms with E-state index in [0.717, 1.165) is 6.42 Å². The van der Waals surface area contributed by atoms with E-state index in [4.69, 9.17) is 5.73 Å². The van der Waals surface area contributed by atoms with Crippen molar-refractivity contribution in [1.29, 1.82) is 0 Å². The van der Waals surface area contributed by atoms with Gasteiger partial charge in [0.2, 0.25) is 0 Å². The summed E-state index contributed by atoms with van der Waals surface area (Å²) in [6.07, 6.45) is 8.73. The standard InChI is InChI=1S/C14H19N/c15-14(7-2-8-14)10-11-5-6-12-3-1-4-13(12)9-11/h5-6,9H,1-4,7-8,10,15H2. The van der Waals surface area contributed by atoms with Crippen molar-refractivity contribution in [2.45, 2.75) is 50.5 Å². The topological polar surface area (TPSA) is 26.0 Å². The molecule has 1 saturated carbocycles. The average molecular weight is 201 g/mol. The quantitative estimate of drug-likeness (QED) is 0.782. The van der Waals surface area contributed by atoms with Crippen LogP contribution in [0.4, 0.5) is 0 Å². The molecule has 1 heteroatoms. The Kier molecular flexibility index (Phi) is 2.10. The lowest BCUT2D eigenvalue weighted by atomic mass is 9.73. The molecule has 0 radical (unpaired) electrons. The van der Waals surface area contributed by atoms with Crippen LogP contribution in [0.2, 0.25) is 0 Å². The molecule has 1 nitrogen and oxygen atoms in total. The molecule has 1 fully saturated rings. The van der Waals surface area contributed by atoms with Gasteiger partial charge in [0, 0.05) is 5.54 Å². The Bertz CT molecular complexity index is 377. The van der Waals surface area contributed by atoms with Crippen LogP contribution in [0.3, 0.4) is 0 Å². The van der Waals surface area contributed by atoms with E-state index in [1.165, 1.54) is 44.1 Å². The monoisotopic (exact) mass is 201 g/mol. The van der Waals surface area contributed by atoms with Crippen molar-refractivity contribution in [2.24, 2.45) is 5.73 Å². The van der Waals surface area contributed by atoms with Gasteiger partial charge in [-0.1, -0.05) is 18.2 Å². The minimum Gasteiger partial charge on any atom is -0.325 e. The van der Waals surface area contributed by atoms with Crippen molar-refractivity contribution < 1.29 is 0 Å². The fourth-order valence-electron chi connectivity index (χ4n) is 2.95. The summed E-state index contributed by atoms with van der Waals surface area (Å²) in [6.45, 7) is 0. The molecule has 3 rings (SSSR count). The van der Waals surface area contributed by atoms with Gasteiger partial charge in [-0.05, 0) is 61.6 Å². The van der Waals surface area contributed by atoms with Gasteiger partial charge in [-0.25, -0.2) is 0 Å². The van der Waals surface area contributed by atoms with Crippen LogP contribution >= 0.6 is 0 Å². The summed E-state index contributed by atoms with van der Waals surface area (Å²) in [4.78, 5) is 0. The molecule has 1 aromatic carbocycles. The normalized spacial score (nSPS) is 22.2. The third kappa shape index (κ3) is 1.69. The molecule has 0 spiro atoms. The average Bonchev–Trinajstić information content (AvgIpc) is 2.62. The van der Waals surface area contributed by atoms with Gasteiger partial charge in [-0.15, -0.1) is 0 Å². The molecular formula is C14H19N. The van der Waals surface area contributed by atoms with Crippen LogP contribution in [0.1, 0.15) is 42.4 Å². The molecule has 2 aliphatic carbocycles. The van der Waals surface area contributed by atoms with Crippen LogP contribution < -0.4 is 5.73 Å². The first-order chi connectivity index (χ1) is 7.25. The van der Waals surface area contributed by atoms with Gasteiger partial charge in [0.1, 0.15) is 0 Å². The molecule has 0 amide bonds. The molecule has 0 unspecified atom stereocenters. The summed E-state index contributed by atoms with van der Waals surface area (Å²) in [7, 11) is 0. The number of hydrogen-bond donors (Lipinski definition) is 1. The van der Waals surface area contributed by atoms with Crippen molar-refractivity contribution in [1.82, 2.24) is 0 Å². The number of aryl methyl sites for hydroxylation is 2. The summed E-state index contributed by atoms with van der Waals surface area (Å²) >= 11 is 0. The van der Waals surface area contributed by atoms with Gasteiger partial charge in [-0.2, -0.15) is 0 Å². The van der Waals surface area contributed by atoms with Crippen molar-refractivity contribution >= 4 is 0 Å². The van der Waals surface area contributed by atoms with Crippen molar-refractivity contribution in [3.63, 3.8) is 0 Å². The van der Waals surface area contributed by atoms with Gasteiger partial charge in [0.05, 0.1) is 0 Å². The third-order valence-corrected chi connectivity index (χ3v) is 4.07. The summed E-state index contributed by atoms with van der Waals surface area (Å²) in [5, 5.41) is 0. The first-order valence-corrected chi connectivity index (χ1v) is 6.15. The molecule has 0 saturated heterocycles. The Morgan fingerprint density at radius 2 is 1.87 bits per heavy atom. The first-order valence-electron chi connectivity index (χ1n) is 6.15. The van der Waals surface area contributed by atoms with E-state index in [9.17, 15) is 0 Å². The fourth-order valence-corrected chi connectivity index (χ4v) is 2.95. The summed E-state index contributed by atoms with van der Waals surface area (Å²) in [5.74, 6) is 0. The molecule has 0 heterocycles.